The number of rotatable bonds is 1. The van der Waals surface area contributed by atoms with Crippen LogP contribution in [0.1, 0.15) is 5.56 Å². The Hall–Kier alpha value is -0.670. The molecule has 1 heterocycles. The van der Waals surface area contributed by atoms with Crippen molar-refractivity contribution in [1.29, 1.82) is 0 Å². The highest BCUT2D eigenvalue weighted by Crippen LogP contribution is 2.44. The Balaban J connectivity index is 2.83. The highest BCUT2D eigenvalue weighted by atomic mass is 35.5. The van der Waals surface area contributed by atoms with Crippen LogP contribution >= 0.6 is 46.4 Å². The number of hydrogen-bond acceptors (Lipinski definition) is 2. The summed E-state index contributed by atoms with van der Waals surface area (Å²) >= 11 is 24.3. The van der Waals surface area contributed by atoms with Gasteiger partial charge in [0.15, 0.2) is 0 Å². The first-order chi connectivity index (χ1) is 8.43. The van der Waals surface area contributed by atoms with Crippen LogP contribution in [0.2, 0.25) is 20.1 Å². The van der Waals surface area contributed by atoms with Gasteiger partial charge in [-0.1, -0.05) is 46.4 Å². The molecule has 2 aromatic rings. The average molecular weight is 322 g/mol. The van der Waals surface area contributed by atoms with Crippen molar-refractivity contribution < 1.29 is 0 Å². The van der Waals surface area contributed by atoms with Crippen LogP contribution in [0.15, 0.2) is 18.3 Å². The normalized spacial score (nSPS) is 10.7. The van der Waals surface area contributed by atoms with Crippen LogP contribution in [0.4, 0.5) is 5.69 Å². The summed E-state index contributed by atoms with van der Waals surface area (Å²) in [5, 5.41) is 1.19. The van der Waals surface area contributed by atoms with Crippen LogP contribution < -0.4 is 5.73 Å². The highest BCUT2D eigenvalue weighted by molar-refractivity contribution is 6.50. The van der Waals surface area contributed by atoms with E-state index >= 15 is 0 Å². The zero-order valence-corrected chi connectivity index (χ0v) is 12.3. The number of hydrogen-bond donors (Lipinski definition) is 1. The number of anilines is 1. The molecule has 1 aromatic carbocycles. The Morgan fingerprint density at radius 2 is 1.61 bits per heavy atom. The van der Waals surface area contributed by atoms with Gasteiger partial charge in [0.2, 0.25) is 0 Å². The van der Waals surface area contributed by atoms with Gasteiger partial charge in [-0.15, -0.1) is 0 Å². The van der Waals surface area contributed by atoms with Crippen molar-refractivity contribution in [3.8, 4) is 11.3 Å². The summed E-state index contributed by atoms with van der Waals surface area (Å²) < 4.78 is 0. The molecule has 1 aromatic heterocycles. The molecule has 18 heavy (non-hydrogen) atoms. The predicted octanol–water partition coefficient (Wildman–Crippen LogP) is 5.25. The van der Waals surface area contributed by atoms with Crippen molar-refractivity contribution in [3.63, 3.8) is 0 Å². The maximum absolute atomic E-state index is 6.16. The molecule has 0 aliphatic carbocycles. The molecule has 0 spiro atoms. The highest BCUT2D eigenvalue weighted by Gasteiger charge is 2.19. The zero-order valence-electron chi connectivity index (χ0n) is 9.27. The number of halogens is 4. The Morgan fingerprint density at radius 3 is 2.17 bits per heavy atom. The van der Waals surface area contributed by atoms with Crippen LogP contribution in [0, 0.1) is 6.92 Å². The lowest BCUT2D eigenvalue weighted by Gasteiger charge is -2.12. The largest absolute Gasteiger partial charge is 0.397 e. The molecule has 0 unspecified atom stereocenters. The summed E-state index contributed by atoms with van der Waals surface area (Å²) in [6, 6.07) is 3.29. The topological polar surface area (TPSA) is 38.9 Å². The lowest BCUT2D eigenvalue weighted by Crippen LogP contribution is -1.97. The van der Waals surface area contributed by atoms with Gasteiger partial charge in [-0.05, 0) is 24.6 Å². The van der Waals surface area contributed by atoms with E-state index in [0.29, 0.717) is 27.0 Å². The number of aryl methyl sites for hydroxylation is 1. The molecule has 6 heteroatoms. The van der Waals surface area contributed by atoms with E-state index in [2.05, 4.69) is 4.98 Å². The second-order valence-corrected chi connectivity index (χ2v) is 5.30. The number of nitrogens with two attached hydrogens (primary N) is 1. The summed E-state index contributed by atoms with van der Waals surface area (Å²) in [6.45, 7) is 1.87. The van der Waals surface area contributed by atoms with Gasteiger partial charge in [0, 0.05) is 11.8 Å². The summed E-state index contributed by atoms with van der Waals surface area (Å²) in [6.07, 6.45) is 1.63. The van der Waals surface area contributed by atoms with Crippen molar-refractivity contribution in [2.24, 2.45) is 0 Å². The molecular formula is C12H8Cl4N2. The minimum Gasteiger partial charge on any atom is -0.397 e. The van der Waals surface area contributed by atoms with E-state index in [1.54, 1.807) is 12.3 Å². The van der Waals surface area contributed by atoms with E-state index in [1.165, 1.54) is 6.07 Å². The summed E-state index contributed by atoms with van der Waals surface area (Å²) in [5.74, 6) is 0. The molecule has 0 aliphatic heterocycles. The van der Waals surface area contributed by atoms with E-state index in [1.807, 2.05) is 6.92 Å². The van der Waals surface area contributed by atoms with Crippen LogP contribution in [-0.4, -0.2) is 4.98 Å². The fraction of sp³-hybridized carbons (Fsp3) is 0.0833. The maximum atomic E-state index is 6.16. The molecular weight excluding hydrogens is 314 g/mol. The Kier molecular flexibility index (Phi) is 3.93. The standard InChI is InChI=1S/C12H8Cl4N2/c1-5-2-3-18-12(11(5)17)8-9(15)6(13)4-7(14)10(8)16/h2-4H,17H2,1H3. The van der Waals surface area contributed by atoms with Crippen LogP contribution in [0.5, 0.6) is 0 Å². The first-order valence-corrected chi connectivity index (χ1v) is 6.49. The van der Waals surface area contributed by atoms with Gasteiger partial charge < -0.3 is 5.73 Å². The van der Waals surface area contributed by atoms with Crippen molar-refractivity contribution in [3.05, 3.63) is 44.0 Å². The minimum absolute atomic E-state index is 0.288. The fourth-order valence-corrected chi connectivity index (χ4v) is 2.54. The van der Waals surface area contributed by atoms with Gasteiger partial charge in [-0.25, -0.2) is 0 Å². The molecule has 0 aliphatic rings. The smallest absolute Gasteiger partial charge is 0.0964 e. The van der Waals surface area contributed by atoms with E-state index in [4.69, 9.17) is 52.1 Å². The zero-order chi connectivity index (χ0) is 13.4. The monoisotopic (exact) mass is 320 g/mol. The molecule has 0 saturated heterocycles. The third kappa shape index (κ3) is 2.26. The van der Waals surface area contributed by atoms with Gasteiger partial charge >= 0.3 is 0 Å². The number of aromatic nitrogens is 1. The summed E-state index contributed by atoms with van der Waals surface area (Å²) in [5.41, 5.74) is 8.30. The lowest BCUT2D eigenvalue weighted by molar-refractivity contribution is 1.29. The van der Waals surface area contributed by atoms with Crippen molar-refractivity contribution in [1.82, 2.24) is 4.98 Å². The second kappa shape index (κ2) is 5.14. The van der Waals surface area contributed by atoms with E-state index in [0.717, 1.165) is 5.56 Å². The molecule has 94 valence electrons. The van der Waals surface area contributed by atoms with Crippen molar-refractivity contribution >= 4 is 52.1 Å². The summed E-state index contributed by atoms with van der Waals surface area (Å²) in [4.78, 5) is 4.20. The Labute approximate surface area is 125 Å². The van der Waals surface area contributed by atoms with E-state index < -0.39 is 0 Å². The second-order valence-electron chi connectivity index (χ2n) is 3.73. The van der Waals surface area contributed by atoms with Crippen molar-refractivity contribution in [2.45, 2.75) is 6.92 Å². The SMILES string of the molecule is Cc1ccnc(-c2c(Cl)c(Cl)cc(Cl)c2Cl)c1N. The van der Waals surface area contributed by atoms with Gasteiger partial charge in [0.25, 0.3) is 0 Å². The fourth-order valence-electron chi connectivity index (χ4n) is 1.55. The van der Waals surface area contributed by atoms with E-state index in [-0.39, 0.29) is 10.0 Å². The van der Waals surface area contributed by atoms with Gasteiger partial charge in [0.05, 0.1) is 31.5 Å². The number of pyridine rings is 1. The number of nitrogens with zero attached hydrogens (tertiary/aromatic N) is 1. The van der Waals surface area contributed by atoms with Gasteiger partial charge in [0.1, 0.15) is 0 Å². The van der Waals surface area contributed by atoms with E-state index in [9.17, 15) is 0 Å². The molecule has 0 fully saturated rings. The quantitative estimate of drug-likeness (QED) is 0.728. The molecule has 0 saturated carbocycles. The first kappa shape index (κ1) is 13.8. The molecule has 0 amide bonds. The Morgan fingerprint density at radius 1 is 1.06 bits per heavy atom. The maximum Gasteiger partial charge on any atom is 0.0964 e. The van der Waals surface area contributed by atoms with Gasteiger partial charge in [-0.3, -0.25) is 4.98 Å². The molecule has 2 rings (SSSR count). The predicted molar refractivity (Wildman–Crippen MR) is 78.9 cm³/mol. The third-order valence-electron chi connectivity index (χ3n) is 2.56. The first-order valence-electron chi connectivity index (χ1n) is 4.98. The number of benzene rings is 1. The van der Waals surface area contributed by atoms with Crippen LogP contribution in [0.3, 0.4) is 0 Å². The van der Waals surface area contributed by atoms with Crippen LogP contribution in [0.25, 0.3) is 11.3 Å². The molecule has 2 N–H and O–H groups in total. The lowest BCUT2D eigenvalue weighted by atomic mass is 10.1. The third-order valence-corrected chi connectivity index (χ3v) is 4.13. The molecule has 0 atom stereocenters. The Bertz CT molecular complexity index is 600. The van der Waals surface area contributed by atoms with Gasteiger partial charge in [-0.2, -0.15) is 0 Å². The molecule has 0 radical (unpaired) electrons. The number of nitrogen functional groups attached to an aromatic ring is 1. The van der Waals surface area contributed by atoms with Crippen molar-refractivity contribution in [2.75, 3.05) is 5.73 Å². The minimum atomic E-state index is 0.288. The summed E-state index contributed by atoms with van der Waals surface area (Å²) in [7, 11) is 0. The average Bonchev–Trinajstić information content (AvgIpc) is 2.32. The van der Waals surface area contributed by atoms with Crippen LogP contribution in [-0.2, 0) is 0 Å². The molecule has 2 nitrogen and oxygen atoms in total. The molecule has 0 bridgehead atoms.